The van der Waals surface area contributed by atoms with Crippen LogP contribution in [0.4, 0.5) is 5.69 Å². The molecule has 0 aliphatic carbocycles. The Morgan fingerprint density at radius 2 is 2.12 bits per heavy atom. The first-order chi connectivity index (χ1) is 12.0. The van der Waals surface area contributed by atoms with E-state index in [2.05, 4.69) is 41.7 Å². The topological polar surface area (TPSA) is 74.8 Å². The van der Waals surface area contributed by atoms with Gasteiger partial charge in [0.2, 0.25) is 0 Å². The molecular formula is C19H31IN4O2. The van der Waals surface area contributed by atoms with Crippen molar-refractivity contribution in [3.8, 4) is 0 Å². The Hall–Kier alpha value is -1.35. The van der Waals surface area contributed by atoms with Crippen LogP contribution in [0.2, 0.25) is 0 Å². The Kier molecular flexibility index (Phi) is 9.93. The van der Waals surface area contributed by atoms with Crippen molar-refractivity contribution in [3.63, 3.8) is 0 Å². The standard InChI is InChI=1S/C19H30N4O2.HI/c1-13(2)14(3)22-19(20-4)21-12-15-7-5-8-16(11-15)23-18(24)17-9-6-10-25-17;/h5,7-8,11,13-14,17H,6,9-10,12H2,1-4H3,(H,23,24)(H2,20,21,22);1H. The highest BCUT2D eigenvalue weighted by atomic mass is 127. The van der Waals surface area contributed by atoms with E-state index in [9.17, 15) is 4.79 Å². The van der Waals surface area contributed by atoms with Crippen molar-refractivity contribution in [2.24, 2.45) is 10.9 Å². The summed E-state index contributed by atoms with van der Waals surface area (Å²) in [5, 5.41) is 9.62. The van der Waals surface area contributed by atoms with Gasteiger partial charge in [-0.15, -0.1) is 24.0 Å². The molecule has 2 atom stereocenters. The normalized spacial score (nSPS) is 18.2. The van der Waals surface area contributed by atoms with E-state index in [1.165, 1.54) is 0 Å². The first-order valence-electron chi connectivity index (χ1n) is 8.98. The van der Waals surface area contributed by atoms with Gasteiger partial charge in [-0.05, 0) is 43.4 Å². The molecule has 0 bridgehead atoms. The molecule has 7 heteroatoms. The molecule has 1 aromatic carbocycles. The summed E-state index contributed by atoms with van der Waals surface area (Å²) in [5.41, 5.74) is 1.86. The number of hydrogen-bond acceptors (Lipinski definition) is 3. The van der Waals surface area contributed by atoms with Crippen molar-refractivity contribution >= 4 is 41.5 Å². The van der Waals surface area contributed by atoms with Crippen LogP contribution in [-0.2, 0) is 16.1 Å². The predicted octanol–water partition coefficient (Wildman–Crippen LogP) is 3.13. The summed E-state index contributed by atoms with van der Waals surface area (Å²) in [4.78, 5) is 16.4. The summed E-state index contributed by atoms with van der Waals surface area (Å²) in [6.45, 7) is 7.78. The minimum atomic E-state index is -0.317. The number of carbonyl (C=O) groups is 1. The molecule has 1 aliphatic heterocycles. The number of halogens is 1. The Morgan fingerprint density at radius 3 is 2.73 bits per heavy atom. The third-order valence-corrected chi connectivity index (χ3v) is 4.46. The van der Waals surface area contributed by atoms with Crippen molar-refractivity contribution < 1.29 is 9.53 Å². The van der Waals surface area contributed by atoms with Gasteiger partial charge in [0, 0.05) is 31.9 Å². The number of anilines is 1. The minimum absolute atomic E-state index is 0. The number of rotatable bonds is 6. The number of amides is 1. The molecule has 0 radical (unpaired) electrons. The third-order valence-electron chi connectivity index (χ3n) is 4.46. The number of benzene rings is 1. The molecule has 146 valence electrons. The molecule has 3 N–H and O–H groups in total. The number of nitrogens with one attached hydrogen (secondary N) is 3. The maximum absolute atomic E-state index is 12.1. The van der Waals surface area contributed by atoms with Gasteiger partial charge in [0.1, 0.15) is 6.10 Å². The van der Waals surface area contributed by atoms with Crippen molar-refractivity contribution in [1.82, 2.24) is 10.6 Å². The average Bonchev–Trinajstić information content (AvgIpc) is 3.13. The highest BCUT2D eigenvalue weighted by Gasteiger charge is 2.23. The summed E-state index contributed by atoms with van der Waals surface area (Å²) in [6, 6.07) is 8.16. The molecule has 0 spiro atoms. The fraction of sp³-hybridized carbons (Fsp3) is 0.579. The number of carbonyl (C=O) groups excluding carboxylic acids is 1. The Labute approximate surface area is 173 Å². The van der Waals surface area contributed by atoms with Gasteiger partial charge in [0.15, 0.2) is 5.96 Å². The van der Waals surface area contributed by atoms with Crippen LogP contribution < -0.4 is 16.0 Å². The van der Waals surface area contributed by atoms with E-state index >= 15 is 0 Å². The van der Waals surface area contributed by atoms with Crippen LogP contribution in [0.5, 0.6) is 0 Å². The van der Waals surface area contributed by atoms with Gasteiger partial charge in [-0.1, -0.05) is 26.0 Å². The van der Waals surface area contributed by atoms with E-state index in [0.29, 0.717) is 25.1 Å². The lowest BCUT2D eigenvalue weighted by Crippen LogP contribution is -2.43. The number of guanidine groups is 1. The van der Waals surface area contributed by atoms with E-state index in [1.54, 1.807) is 7.05 Å². The smallest absolute Gasteiger partial charge is 0.253 e. The van der Waals surface area contributed by atoms with Crippen LogP contribution in [0.15, 0.2) is 29.3 Å². The van der Waals surface area contributed by atoms with Gasteiger partial charge in [-0.2, -0.15) is 0 Å². The van der Waals surface area contributed by atoms with Crippen LogP contribution in [0.3, 0.4) is 0 Å². The molecule has 0 saturated carbocycles. The highest BCUT2D eigenvalue weighted by molar-refractivity contribution is 14.0. The number of aliphatic imine (C=N–C) groups is 1. The first-order valence-corrected chi connectivity index (χ1v) is 8.98. The second kappa shape index (κ2) is 11.4. The minimum Gasteiger partial charge on any atom is -0.368 e. The second-order valence-corrected chi connectivity index (χ2v) is 6.79. The van der Waals surface area contributed by atoms with Crippen LogP contribution in [0.25, 0.3) is 0 Å². The molecular weight excluding hydrogens is 443 g/mol. The van der Waals surface area contributed by atoms with Gasteiger partial charge < -0.3 is 20.7 Å². The van der Waals surface area contributed by atoms with E-state index in [-0.39, 0.29) is 36.0 Å². The summed E-state index contributed by atoms with van der Waals surface area (Å²) >= 11 is 0. The molecule has 1 saturated heterocycles. The third kappa shape index (κ3) is 7.11. The van der Waals surface area contributed by atoms with Crippen molar-refractivity contribution in [1.29, 1.82) is 0 Å². The predicted molar refractivity (Wildman–Crippen MR) is 117 cm³/mol. The van der Waals surface area contributed by atoms with Gasteiger partial charge in [0.25, 0.3) is 5.91 Å². The zero-order valence-corrected chi connectivity index (χ0v) is 18.4. The van der Waals surface area contributed by atoms with Crippen LogP contribution in [0, 0.1) is 5.92 Å². The van der Waals surface area contributed by atoms with Gasteiger partial charge >= 0.3 is 0 Å². The zero-order chi connectivity index (χ0) is 18.2. The molecule has 26 heavy (non-hydrogen) atoms. The van der Waals surface area contributed by atoms with Gasteiger partial charge in [-0.3, -0.25) is 9.79 Å². The molecule has 2 rings (SSSR count). The second-order valence-electron chi connectivity index (χ2n) is 6.79. The Morgan fingerprint density at radius 1 is 1.35 bits per heavy atom. The van der Waals surface area contributed by atoms with Crippen LogP contribution in [0.1, 0.15) is 39.2 Å². The number of hydrogen-bond donors (Lipinski definition) is 3. The van der Waals surface area contributed by atoms with Gasteiger partial charge in [0.05, 0.1) is 0 Å². The summed E-state index contributed by atoms with van der Waals surface area (Å²) in [7, 11) is 1.76. The maximum Gasteiger partial charge on any atom is 0.253 e. The lowest BCUT2D eigenvalue weighted by molar-refractivity contribution is -0.124. The molecule has 1 aliphatic rings. The molecule has 0 aromatic heterocycles. The van der Waals surface area contributed by atoms with E-state index in [4.69, 9.17) is 4.74 Å². The van der Waals surface area contributed by atoms with Crippen molar-refractivity contribution in [2.75, 3.05) is 19.0 Å². The molecule has 6 nitrogen and oxygen atoms in total. The lowest BCUT2D eigenvalue weighted by atomic mass is 10.1. The molecule has 1 fully saturated rings. The Balaban J connectivity index is 0.00000338. The average molecular weight is 474 g/mol. The van der Waals surface area contributed by atoms with Crippen molar-refractivity contribution in [3.05, 3.63) is 29.8 Å². The monoisotopic (exact) mass is 474 g/mol. The van der Waals surface area contributed by atoms with Crippen molar-refractivity contribution in [2.45, 2.75) is 52.3 Å². The lowest BCUT2D eigenvalue weighted by Gasteiger charge is -2.21. The van der Waals surface area contributed by atoms with Crippen LogP contribution in [-0.4, -0.2) is 37.7 Å². The number of ether oxygens (including phenoxy) is 1. The maximum atomic E-state index is 12.1. The molecule has 2 unspecified atom stereocenters. The zero-order valence-electron chi connectivity index (χ0n) is 16.0. The quantitative estimate of drug-likeness (QED) is 0.337. The van der Waals surface area contributed by atoms with E-state index in [1.807, 2.05) is 24.3 Å². The molecule has 1 amide bonds. The fourth-order valence-corrected chi connectivity index (χ4v) is 2.53. The number of nitrogens with zero attached hydrogens (tertiary/aromatic N) is 1. The summed E-state index contributed by atoms with van der Waals surface area (Å²) in [5.74, 6) is 1.23. The highest BCUT2D eigenvalue weighted by Crippen LogP contribution is 2.16. The molecule has 1 aromatic rings. The summed E-state index contributed by atoms with van der Waals surface area (Å²) in [6.07, 6.45) is 1.42. The van der Waals surface area contributed by atoms with E-state index in [0.717, 1.165) is 30.1 Å². The Bertz CT molecular complexity index is 601. The fourth-order valence-electron chi connectivity index (χ4n) is 2.53. The molecule has 1 heterocycles. The first kappa shape index (κ1) is 22.7. The SMILES string of the molecule is CN=C(NCc1cccc(NC(=O)C2CCCO2)c1)NC(C)C(C)C.I. The van der Waals surface area contributed by atoms with Gasteiger partial charge in [-0.25, -0.2) is 0 Å². The van der Waals surface area contributed by atoms with E-state index < -0.39 is 0 Å². The van der Waals surface area contributed by atoms with Crippen LogP contribution >= 0.6 is 24.0 Å². The summed E-state index contributed by atoms with van der Waals surface area (Å²) < 4.78 is 5.42. The largest absolute Gasteiger partial charge is 0.368 e.